The zero-order chi connectivity index (χ0) is 19.7. The summed E-state index contributed by atoms with van der Waals surface area (Å²) < 4.78 is 11.0. The molecule has 4 aromatic rings. The number of rotatable bonds is 5. The van der Waals surface area contributed by atoms with Crippen molar-refractivity contribution in [2.75, 3.05) is 14.2 Å². The summed E-state index contributed by atoms with van der Waals surface area (Å²) in [5.41, 5.74) is 5.54. The van der Waals surface area contributed by atoms with Crippen molar-refractivity contribution >= 4 is 46.5 Å². The van der Waals surface area contributed by atoms with Crippen LogP contribution in [0.2, 0.25) is 0 Å². The first kappa shape index (κ1) is 23.7. The predicted octanol–water partition coefficient (Wildman–Crippen LogP) is 6.11. The molecule has 0 saturated carbocycles. The normalized spacial score (nSPS) is 10.4. The lowest BCUT2D eigenvalue weighted by molar-refractivity contribution is 0.356. The highest BCUT2D eigenvalue weighted by molar-refractivity contribution is 5.91. The lowest BCUT2D eigenvalue weighted by Gasteiger charge is -2.14. The predicted molar refractivity (Wildman–Crippen MR) is 128 cm³/mol. The van der Waals surface area contributed by atoms with Gasteiger partial charge in [0.1, 0.15) is 0 Å². The summed E-state index contributed by atoms with van der Waals surface area (Å²) in [7, 11) is 3.33. The molecule has 0 atom stereocenters. The highest BCUT2D eigenvalue weighted by atomic mass is 35.5. The second-order valence-electron chi connectivity index (χ2n) is 6.99. The van der Waals surface area contributed by atoms with Gasteiger partial charge < -0.3 is 9.47 Å². The van der Waals surface area contributed by atoms with Crippen molar-refractivity contribution in [2.45, 2.75) is 26.7 Å². The molecule has 6 heteroatoms. The lowest BCUT2D eigenvalue weighted by atomic mass is 9.97. The summed E-state index contributed by atoms with van der Waals surface area (Å²) in [6, 6.07) is 14.7. The fourth-order valence-corrected chi connectivity index (χ4v) is 3.71. The zero-order valence-electron chi connectivity index (χ0n) is 17.6. The van der Waals surface area contributed by atoms with E-state index in [-0.39, 0.29) is 24.8 Å². The molecule has 0 aliphatic rings. The van der Waals surface area contributed by atoms with Crippen molar-refractivity contribution in [3.05, 3.63) is 71.2 Å². The van der Waals surface area contributed by atoms with Crippen LogP contribution in [0.15, 0.2) is 48.7 Å². The van der Waals surface area contributed by atoms with E-state index in [1.165, 1.54) is 11.1 Å². The molecule has 2 aromatic heterocycles. The Balaban J connectivity index is 0.00000160. The number of aryl methyl sites for hydroxylation is 2. The van der Waals surface area contributed by atoms with Crippen molar-refractivity contribution in [1.29, 1.82) is 0 Å². The maximum Gasteiger partial charge on any atom is 0.161 e. The third-order valence-corrected chi connectivity index (χ3v) is 5.18. The molecule has 0 saturated heterocycles. The van der Waals surface area contributed by atoms with Gasteiger partial charge in [-0.3, -0.25) is 9.97 Å². The molecular formula is C24H26Cl2N2O2. The Bertz CT molecular complexity index is 1180. The van der Waals surface area contributed by atoms with Gasteiger partial charge in [-0.1, -0.05) is 19.1 Å². The van der Waals surface area contributed by atoms with E-state index < -0.39 is 0 Å². The average molecular weight is 445 g/mol. The van der Waals surface area contributed by atoms with E-state index in [4.69, 9.17) is 14.5 Å². The van der Waals surface area contributed by atoms with E-state index in [1.54, 1.807) is 14.2 Å². The first-order chi connectivity index (χ1) is 13.6. The van der Waals surface area contributed by atoms with Crippen LogP contribution in [0.1, 0.15) is 29.4 Å². The van der Waals surface area contributed by atoms with Gasteiger partial charge in [-0.25, -0.2) is 0 Å². The molecule has 0 unspecified atom stereocenters. The highest BCUT2D eigenvalue weighted by Crippen LogP contribution is 2.35. The van der Waals surface area contributed by atoms with Gasteiger partial charge in [0, 0.05) is 28.4 Å². The summed E-state index contributed by atoms with van der Waals surface area (Å²) in [4.78, 5) is 9.31. The van der Waals surface area contributed by atoms with Crippen molar-refractivity contribution in [2.24, 2.45) is 0 Å². The van der Waals surface area contributed by atoms with E-state index >= 15 is 0 Å². The van der Waals surface area contributed by atoms with Crippen LogP contribution in [0, 0.1) is 6.92 Å². The molecule has 0 aliphatic carbocycles. The number of halogens is 2. The molecule has 0 aliphatic heterocycles. The van der Waals surface area contributed by atoms with E-state index in [9.17, 15) is 0 Å². The second kappa shape index (κ2) is 9.96. The standard InChI is InChI=1S/C24H24N2O2.2ClH/c1-5-21-20-13-24(28-4)23(27-3)12-19(20)18(14-25-21)11-16-7-9-22-17(10-16)8-6-15(2)26-22;;/h6-10,12-14H,5,11H2,1-4H3;2*1H. The molecule has 158 valence electrons. The van der Waals surface area contributed by atoms with E-state index in [1.807, 2.05) is 19.2 Å². The smallest absolute Gasteiger partial charge is 0.161 e. The van der Waals surface area contributed by atoms with E-state index in [2.05, 4.69) is 48.3 Å². The van der Waals surface area contributed by atoms with Crippen LogP contribution in [-0.2, 0) is 12.8 Å². The van der Waals surface area contributed by atoms with Crippen LogP contribution in [0.3, 0.4) is 0 Å². The van der Waals surface area contributed by atoms with Gasteiger partial charge >= 0.3 is 0 Å². The number of pyridine rings is 2. The number of hydrogen-bond donors (Lipinski definition) is 0. The average Bonchev–Trinajstić information content (AvgIpc) is 2.73. The molecule has 0 spiro atoms. The molecule has 2 heterocycles. The molecule has 0 fully saturated rings. The molecular weight excluding hydrogens is 419 g/mol. The van der Waals surface area contributed by atoms with Crippen LogP contribution in [0.4, 0.5) is 0 Å². The van der Waals surface area contributed by atoms with Crippen LogP contribution in [-0.4, -0.2) is 24.2 Å². The van der Waals surface area contributed by atoms with Gasteiger partial charge in [0.25, 0.3) is 0 Å². The van der Waals surface area contributed by atoms with Crippen LogP contribution >= 0.6 is 24.8 Å². The Morgan fingerprint density at radius 1 is 0.867 bits per heavy atom. The van der Waals surface area contributed by atoms with Crippen LogP contribution in [0.25, 0.3) is 21.7 Å². The Hall–Kier alpha value is -2.56. The van der Waals surface area contributed by atoms with Crippen molar-refractivity contribution in [3.63, 3.8) is 0 Å². The van der Waals surface area contributed by atoms with Gasteiger partial charge in [-0.2, -0.15) is 0 Å². The van der Waals surface area contributed by atoms with Gasteiger partial charge in [0.15, 0.2) is 11.5 Å². The Labute approximate surface area is 189 Å². The fourth-order valence-electron chi connectivity index (χ4n) is 3.71. The summed E-state index contributed by atoms with van der Waals surface area (Å²) in [6.07, 6.45) is 3.66. The highest BCUT2D eigenvalue weighted by Gasteiger charge is 2.13. The van der Waals surface area contributed by atoms with Gasteiger partial charge in [0.2, 0.25) is 0 Å². The fraction of sp³-hybridized carbons (Fsp3) is 0.250. The number of aromatic nitrogens is 2. The van der Waals surface area contributed by atoms with E-state index in [0.717, 1.165) is 57.4 Å². The first-order valence-corrected chi connectivity index (χ1v) is 9.51. The van der Waals surface area contributed by atoms with Gasteiger partial charge in [0.05, 0.1) is 19.7 Å². The van der Waals surface area contributed by atoms with Crippen LogP contribution < -0.4 is 9.47 Å². The Kier molecular flexibility index (Phi) is 7.88. The number of benzene rings is 2. The topological polar surface area (TPSA) is 44.2 Å². The number of methoxy groups -OCH3 is 2. The molecule has 0 N–H and O–H groups in total. The minimum Gasteiger partial charge on any atom is -0.493 e. The van der Waals surface area contributed by atoms with Crippen LogP contribution in [0.5, 0.6) is 11.5 Å². The summed E-state index contributed by atoms with van der Waals surface area (Å²) in [6.45, 7) is 4.14. The molecule has 2 aromatic carbocycles. The van der Waals surface area contributed by atoms with Gasteiger partial charge in [-0.05, 0) is 66.6 Å². The molecule has 30 heavy (non-hydrogen) atoms. The maximum atomic E-state index is 5.54. The third-order valence-electron chi connectivity index (χ3n) is 5.18. The van der Waals surface area contributed by atoms with Crippen molar-refractivity contribution in [3.8, 4) is 11.5 Å². The first-order valence-electron chi connectivity index (χ1n) is 9.51. The second-order valence-corrected chi connectivity index (χ2v) is 6.99. The SMILES string of the molecule is CCc1ncc(Cc2ccc3nc(C)ccc3c2)c2cc(OC)c(OC)cc12.Cl.Cl. The number of fused-ring (bicyclic) bond motifs is 2. The number of ether oxygens (including phenoxy) is 2. The number of nitrogens with zero attached hydrogens (tertiary/aromatic N) is 2. The monoisotopic (exact) mass is 444 g/mol. The van der Waals surface area contributed by atoms with Crippen molar-refractivity contribution in [1.82, 2.24) is 9.97 Å². The molecule has 4 nitrogen and oxygen atoms in total. The van der Waals surface area contributed by atoms with Crippen molar-refractivity contribution < 1.29 is 9.47 Å². The van der Waals surface area contributed by atoms with Gasteiger partial charge in [-0.15, -0.1) is 24.8 Å². The summed E-state index contributed by atoms with van der Waals surface area (Å²) in [5, 5.41) is 3.44. The zero-order valence-corrected chi connectivity index (χ0v) is 19.2. The molecule has 0 radical (unpaired) electrons. The molecule has 0 amide bonds. The summed E-state index contributed by atoms with van der Waals surface area (Å²) in [5.74, 6) is 1.47. The summed E-state index contributed by atoms with van der Waals surface area (Å²) >= 11 is 0. The lowest BCUT2D eigenvalue weighted by Crippen LogP contribution is -1.99. The third kappa shape index (κ3) is 4.45. The largest absolute Gasteiger partial charge is 0.493 e. The minimum atomic E-state index is 0. The Morgan fingerprint density at radius 2 is 1.57 bits per heavy atom. The molecule has 0 bridgehead atoms. The maximum absolute atomic E-state index is 5.54. The number of hydrogen-bond acceptors (Lipinski definition) is 4. The Morgan fingerprint density at radius 3 is 2.23 bits per heavy atom. The van der Waals surface area contributed by atoms with E-state index in [0.29, 0.717) is 0 Å². The minimum absolute atomic E-state index is 0. The molecule has 4 rings (SSSR count). The quantitative estimate of drug-likeness (QED) is 0.372.